The lowest BCUT2D eigenvalue weighted by atomic mass is 9.59. The Bertz CT molecular complexity index is 1200. The highest BCUT2D eigenvalue weighted by Gasteiger charge is 2.55. The summed E-state index contributed by atoms with van der Waals surface area (Å²) in [7, 11) is -0.885. The summed E-state index contributed by atoms with van der Waals surface area (Å²) in [6.45, 7) is 0. The summed E-state index contributed by atoms with van der Waals surface area (Å²) < 4.78 is 0. The summed E-state index contributed by atoms with van der Waals surface area (Å²) >= 11 is 0. The van der Waals surface area contributed by atoms with Crippen LogP contribution in [0.25, 0.3) is 0 Å². The van der Waals surface area contributed by atoms with Crippen LogP contribution >= 0.6 is 7.92 Å². The highest BCUT2D eigenvalue weighted by atomic mass is 31.1. The topological polar surface area (TPSA) is 37.3 Å². The summed E-state index contributed by atoms with van der Waals surface area (Å²) in [5.41, 5.74) is 4.98. The maximum atomic E-state index is 13.0. The number of hydrogen-bond acceptors (Lipinski definition) is 1. The second-order valence-electron chi connectivity index (χ2n) is 8.61. The summed E-state index contributed by atoms with van der Waals surface area (Å²) in [6.07, 6.45) is 0. The van der Waals surface area contributed by atoms with E-state index in [1.165, 1.54) is 32.9 Å². The molecule has 2 nitrogen and oxygen atoms in total. The molecule has 0 aromatic heterocycles. The van der Waals surface area contributed by atoms with Gasteiger partial charge in [0.15, 0.2) is 0 Å². The molecule has 4 aromatic carbocycles. The van der Waals surface area contributed by atoms with Gasteiger partial charge < -0.3 is 5.11 Å². The Labute approximate surface area is 189 Å². The van der Waals surface area contributed by atoms with E-state index in [0.29, 0.717) is 0 Å². The number of carboxylic acids is 1. The molecule has 2 atom stereocenters. The third-order valence-electron chi connectivity index (χ3n) is 7.05. The minimum Gasteiger partial charge on any atom is -0.481 e. The molecule has 0 radical (unpaired) electrons. The van der Waals surface area contributed by atoms with Crippen LogP contribution in [0.5, 0.6) is 0 Å². The first-order valence-electron chi connectivity index (χ1n) is 11.1. The summed E-state index contributed by atoms with van der Waals surface area (Å²) in [5.74, 6) is -1.20. The Morgan fingerprint density at radius 3 is 1.34 bits per heavy atom. The summed E-state index contributed by atoms with van der Waals surface area (Å²) in [4.78, 5) is 13.0. The highest BCUT2D eigenvalue weighted by molar-refractivity contribution is 7.73. The summed E-state index contributed by atoms with van der Waals surface area (Å²) in [6, 6.07) is 38.1. The van der Waals surface area contributed by atoms with Gasteiger partial charge in [-0.2, -0.15) is 0 Å². The van der Waals surface area contributed by atoms with Crippen LogP contribution in [0.15, 0.2) is 109 Å². The fraction of sp³-hybridized carbons (Fsp3) is 0.138. The minimum absolute atomic E-state index is 0.0119. The van der Waals surface area contributed by atoms with E-state index in [9.17, 15) is 9.90 Å². The van der Waals surface area contributed by atoms with Crippen LogP contribution < -0.4 is 10.6 Å². The van der Waals surface area contributed by atoms with Crippen molar-refractivity contribution in [3.05, 3.63) is 131 Å². The largest absolute Gasteiger partial charge is 0.481 e. The van der Waals surface area contributed by atoms with Gasteiger partial charge >= 0.3 is 5.97 Å². The molecule has 156 valence electrons. The van der Waals surface area contributed by atoms with Crippen LogP contribution in [-0.2, 0) is 4.79 Å². The molecule has 7 rings (SSSR count). The van der Waals surface area contributed by atoms with Crippen molar-refractivity contribution in [1.29, 1.82) is 0 Å². The third-order valence-corrected chi connectivity index (χ3v) is 9.98. The average molecular weight is 434 g/mol. The van der Waals surface area contributed by atoms with Crippen molar-refractivity contribution in [2.45, 2.75) is 17.5 Å². The van der Waals surface area contributed by atoms with E-state index in [1.807, 2.05) is 24.3 Å². The molecule has 2 bridgehead atoms. The predicted octanol–water partition coefficient (Wildman–Crippen LogP) is 5.48. The predicted molar refractivity (Wildman–Crippen MR) is 131 cm³/mol. The van der Waals surface area contributed by atoms with Gasteiger partial charge in [0.1, 0.15) is 0 Å². The molecular weight excluding hydrogens is 411 g/mol. The van der Waals surface area contributed by atoms with E-state index in [2.05, 4.69) is 84.9 Å². The standard InChI is InChI=1S/C29H23O2P/c30-29(31)27-25-21-15-7-9-17-23(21)26(24-18-10-8-16-22(24)25)28(27)32(19-11-3-1-4-12-19)20-13-5-2-6-14-20/h1-18,25-28H,(H,30,31). The molecule has 3 heteroatoms. The van der Waals surface area contributed by atoms with Gasteiger partial charge in [0.2, 0.25) is 0 Å². The van der Waals surface area contributed by atoms with Crippen molar-refractivity contribution in [3.63, 3.8) is 0 Å². The number of aliphatic carboxylic acids is 1. The molecule has 3 aliphatic rings. The van der Waals surface area contributed by atoms with Crippen LogP contribution in [-0.4, -0.2) is 16.7 Å². The second kappa shape index (κ2) is 7.73. The number of benzene rings is 4. The lowest BCUT2D eigenvalue weighted by molar-refractivity contribution is -0.142. The van der Waals surface area contributed by atoms with Crippen LogP contribution in [0, 0.1) is 5.92 Å². The van der Waals surface area contributed by atoms with Crippen molar-refractivity contribution < 1.29 is 9.90 Å². The first kappa shape index (κ1) is 19.5. The second-order valence-corrected chi connectivity index (χ2v) is 11.0. The molecule has 0 saturated heterocycles. The fourth-order valence-corrected chi connectivity index (χ4v) is 9.13. The van der Waals surface area contributed by atoms with E-state index < -0.39 is 19.8 Å². The van der Waals surface area contributed by atoms with Crippen molar-refractivity contribution in [2.24, 2.45) is 5.92 Å². The van der Waals surface area contributed by atoms with Gasteiger partial charge in [-0.25, -0.2) is 0 Å². The van der Waals surface area contributed by atoms with E-state index in [-0.39, 0.29) is 17.5 Å². The van der Waals surface area contributed by atoms with Gasteiger partial charge in [0, 0.05) is 17.5 Å². The quantitative estimate of drug-likeness (QED) is 0.432. The molecule has 0 amide bonds. The Hall–Kier alpha value is -3.22. The lowest BCUT2D eigenvalue weighted by Gasteiger charge is -2.51. The molecule has 0 saturated carbocycles. The average Bonchev–Trinajstić information content (AvgIpc) is 2.85. The van der Waals surface area contributed by atoms with E-state index in [0.717, 1.165) is 0 Å². The van der Waals surface area contributed by atoms with Gasteiger partial charge in [0.25, 0.3) is 0 Å². The fourth-order valence-electron chi connectivity index (χ4n) is 5.92. The van der Waals surface area contributed by atoms with Gasteiger partial charge in [-0.1, -0.05) is 109 Å². The normalized spacial score (nSPS) is 22.9. The Balaban J connectivity index is 1.65. The molecule has 1 N–H and O–H groups in total. The van der Waals surface area contributed by atoms with E-state index >= 15 is 0 Å². The van der Waals surface area contributed by atoms with Crippen LogP contribution in [0.4, 0.5) is 0 Å². The maximum Gasteiger partial charge on any atom is 0.308 e. The smallest absolute Gasteiger partial charge is 0.308 e. The zero-order valence-corrected chi connectivity index (χ0v) is 18.4. The lowest BCUT2D eigenvalue weighted by Crippen LogP contribution is -2.48. The Kier molecular flexibility index (Phi) is 4.70. The molecule has 0 spiro atoms. The zero-order valence-electron chi connectivity index (χ0n) is 17.5. The van der Waals surface area contributed by atoms with Gasteiger partial charge in [-0.15, -0.1) is 0 Å². The molecule has 2 unspecified atom stereocenters. The molecule has 0 aliphatic heterocycles. The van der Waals surface area contributed by atoms with Crippen molar-refractivity contribution in [3.8, 4) is 0 Å². The van der Waals surface area contributed by atoms with Crippen molar-refractivity contribution in [1.82, 2.24) is 0 Å². The number of carbonyl (C=O) groups is 1. The van der Waals surface area contributed by atoms with Gasteiger partial charge in [0.05, 0.1) is 5.92 Å². The zero-order chi connectivity index (χ0) is 21.7. The molecule has 4 aromatic rings. The molecule has 0 fully saturated rings. The van der Waals surface area contributed by atoms with Crippen LogP contribution in [0.2, 0.25) is 0 Å². The van der Waals surface area contributed by atoms with Gasteiger partial charge in [-0.05, 0) is 40.8 Å². The molecular formula is C29H23O2P. The summed E-state index contributed by atoms with van der Waals surface area (Å²) in [5, 5.41) is 13.1. The first-order valence-corrected chi connectivity index (χ1v) is 12.5. The highest BCUT2D eigenvalue weighted by Crippen LogP contribution is 2.64. The first-order chi connectivity index (χ1) is 15.8. The molecule has 3 aliphatic carbocycles. The van der Waals surface area contributed by atoms with Crippen molar-refractivity contribution >= 4 is 24.5 Å². The van der Waals surface area contributed by atoms with Crippen molar-refractivity contribution in [2.75, 3.05) is 0 Å². The van der Waals surface area contributed by atoms with Gasteiger partial charge in [-0.3, -0.25) is 4.79 Å². The van der Waals surface area contributed by atoms with E-state index in [1.54, 1.807) is 0 Å². The third kappa shape index (κ3) is 2.87. The number of carboxylic acid groups (broad SMARTS) is 1. The monoisotopic (exact) mass is 434 g/mol. The van der Waals surface area contributed by atoms with Crippen LogP contribution in [0.3, 0.4) is 0 Å². The van der Waals surface area contributed by atoms with E-state index in [4.69, 9.17) is 0 Å². The number of hydrogen-bond donors (Lipinski definition) is 1. The Morgan fingerprint density at radius 2 is 0.938 bits per heavy atom. The maximum absolute atomic E-state index is 13.0. The Morgan fingerprint density at radius 1 is 0.562 bits per heavy atom. The number of fused-ring (bicyclic) bond motifs is 1. The molecule has 0 heterocycles. The number of rotatable bonds is 4. The SMILES string of the molecule is O=C(O)C1C2c3ccccc3C(c3ccccc32)C1P(c1ccccc1)c1ccccc1. The molecule has 32 heavy (non-hydrogen) atoms. The minimum atomic E-state index is -0.885. The van der Waals surface area contributed by atoms with Crippen LogP contribution in [0.1, 0.15) is 34.1 Å².